The molecular weight excluding hydrogens is 433 g/mol. The van der Waals surface area contributed by atoms with E-state index in [1.54, 1.807) is 25.3 Å². The van der Waals surface area contributed by atoms with Crippen LogP contribution in [-0.2, 0) is 6.61 Å². The molecule has 1 amide bonds. The molecule has 29 heavy (non-hydrogen) atoms. The minimum Gasteiger partial charge on any atom is -0.496 e. The maximum Gasteiger partial charge on any atom is 0.255 e. The Bertz CT molecular complexity index is 1040. The van der Waals surface area contributed by atoms with Gasteiger partial charge in [0.15, 0.2) is 0 Å². The molecule has 0 atom stereocenters. The first-order valence-corrected chi connectivity index (χ1v) is 9.83. The number of benzene rings is 3. The molecule has 0 saturated heterocycles. The van der Waals surface area contributed by atoms with E-state index in [-0.39, 0.29) is 12.5 Å². The normalized spacial score (nSPS) is 10.5. The van der Waals surface area contributed by atoms with Crippen molar-refractivity contribution >= 4 is 46.4 Å². The van der Waals surface area contributed by atoms with Gasteiger partial charge in [0.25, 0.3) is 5.91 Å². The summed E-state index contributed by atoms with van der Waals surface area (Å²) in [4.78, 5) is 12.7. The number of rotatable bonds is 6. The minimum absolute atomic E-state index is 0.251. The van der Waals surface area contributed by atoms with Crippen LogP contribution >= 0.6 is 34.8 Å². The second kappa shape index (κ2) is 9.40. The summed E-state index contributed by atoms with van der Waals surface area (Å²) in [5.41, 5.74) is 2.69. The summed E-state index contributed by atoms with van der Waals surface area (Å²) in [7, 11) is 1.57. The van der Waals surface area contributed by atoms with Crippen molar-refractivity contribution in [2.24, 2.45) is 0 Å². The molecule has 3 aromatic carbocycles. The topological polar surface area (TPSA) is 47.6 Å². The average molecular weight is 451 g/mol. The molecule has 0 aliphatic heterocycles. The predicted molar refractivity (Wildman–Crippen MR) is 118 cm³/mol. The van der Waals surface area contributed by atoms with Crippen LogP contribution in [0.1, 0.15) is 21.5 Å². The Kier molecular flexibility index (Phi) is 6.91. The number of aryl methyl sites for hydroxylation is 1. The minimum atomic E-state index is -0.343. The van der Waals surface area contributed by atoms with Gasteiger partial charge in [-0.3, -0.25) is 4.79 Å². The Morgan fingerprint density at radius 2 is 1.62 bits per heavy atom. The van der Waals surface area contributed by atoms with Crippen LogP contribution in [0.3, 0.4) is 0 Å². The maximum atomic E-state index is 12.7. The highest BCUT2D eigenvalue weighted by Gasteiger charge is 2.14. The van der Waals surface area contributed by atoms with Crippen LogP contribution in [0.25, 0.3) is 0 Å². The van der Waals surface area contributed by atoms with Crippen molar-refractivity contribution in [2.75, 3.05) is 12.4 Å². The second-order valence-corrected chi connectivity index (χ2v) is 7.55. The van der Waals surface area contributed by atoms with Crippen molar-refractivity contribution in [3.63, 3.8) is 0 Å². The highest BCUT2D eigenvalue weighted by atomic mass is 35.5. The van der Waals surface area contributed by atoms with Crippen LogP contribution in [0.15, 0.2) is 54.6 Å². The summed E-state index contributed by atoms with van der Waals surface area (Å²) >= 11 is 18.1. The van der Waals surface area contributed by atoms with Gasteiger partial charge < -0.3 is 14.8 Å². The number of carbonyl (C=O) groups excluding carboxylic acids is 1. The molecule has 0 fully saturated rings. The van der Waals surface area contributed by atoms with Gasteiger partial charge in [0.2, 0.25) is 0 Å². The van der Waals surface area contributed by atoms with Gasteiger partial charge in [0.1, 0.15) is 18.1 Å². The van der Waals surface area contributed by atoms with Crippen molar-refractivity contribution in [2.45, 2.75) is 13.5 Å². The molecule has 0 aromatic heterocycles. The number of carbonyl (C=O) groups is 1. The van der Waals surface area contributed by atoms with Crippen molar-refractivity contribution in [1.29, 1.82) is 0 Å². The van der Waals surface area contributed by atoms with Gasteiger partial charge in [-0.15, -0.1) is 0 Å². The van der Waals surface area contributed by atoms with Crippen LogP contribution in [0.4, 0.5) is 5.69 Å². The lowest BCUT2D eigenvalue weighted by Gasteiger charge is -2.13. The summed E-state index contributed by atoms with van der Waals surface area (Å²) in [6.07, 6.45) is 0. The maximum absolute atomic E-state index is 12.7. The summed E-state index contributed by atoms with van der Waals surface area (Å²) in [5.74, 6) is 1.01. The van der Waals surface area contributed by atoms with E-state index in [1.807, 2.05) is 31.2 Å². The van der Waals surface area contributed by atoms with Crippen molar-refractivity contribution < 1.29 is 14.3 Å². The largest absolute Gasteiger partial charge is 0.496 e. The molecule has 0 saturated carbocycles. The Balaban J connectivity index is 1.79. The Labute approximate surface area is 184 Å². The molecule has 0 aliphatic carbocycles. The van der Waals surface area contributed by atoms with Gasteiger partial charge in [-0.05, 0) is 49.4 Å². The van der Waals surface area contributed by atoms with Gasteiger partial charge in [-0.1, -0.05) is 52.5 Å². The molecule has 150 valence electrons. The van der Waals surface area contributed by atoms with E-state index in [1.165, 1.54) is 12.1 Å². The first kappa shape index (κ1) is 21.3. The molecule has 0 spiro atoms. The third-order valence-corrected chi connectivity index (χ3v) is 5.25. The molecule has 4 nitrogen and oxygen atoms in total. The average Bonchev–Trinajstić information content (AvgIpc) is 2.71. The summed E-state index contributed by atoms with van der Waals surface area (Å²) in [6, 6.07) is 15.8. The molecule has 3 rings (SSSR count). The fourth-order valence-corrected chi connectivity index (χ4v) is 3.24. The van der Waals surface area contributed by atoms with Crippen LogP contribution in [0, 0.1) is 6.92 Å². The number of hydrogen-bond acceptors (Lipinski definition) is 3. The van der Waals surface area contributed by atoms with E-state index in [0.717, 1.165) is 16.9 Å². The first-order chi connectivity index (χ1) is 13.9. The van der Waals surface area contributed by atoms with E-state index in [4.69, 9.17) is 44.3 Å². The molecule has 3 aromatic rings. The molecule has 0 unspecified atom stereocenters. The van der Waals surface area contributed by atoms with E-state index >= 15 is 0 Å². The van der Waals surface area contributed by atoms with Gasteiger partial charge in [-0.25, -0.2) is 0 Å². The quantitative estimate of drug-likeness (QED) is 0.420. The van der Waals surface area contributed by atoms with Gasteiger partial charge in [-0.2, -0.15) is 0 Å². The zero-order chi connectivity index (χ0) is 21.0. The Hall–Kier alpha value is -2.40. The van der Waals surface area contributed by atoms with Gasteiger partial charge >= 0.3 is 0 Å². The van der Waals surface area contributed by atoms with Crippen LogP contribution in [-0.4, -0.2) is 13.0 Å². The van der Waals surface area contributed by atoms with E-state index in [9.17, 15) is 4.79 Å². The number of amides is 1. The van der Waals surface area contributed by atoms with Crippen molar-refractivity contribution in [3.8, 4) is 11.5 Å². The molecule has 0 radical (unpaired) electrons. The zero-order valence-electron chi connectivity index (χ0n) is 15.8. The number of halogens is 3. The third kappa shape index (κ3) is 5.36. The predicted octanol–water partition coefficient (Wildman–Crippen LogP) is 6.80. The fourth-order valence-electron chi connectivity index (χ4n) is 2.64. The zero-order valence-corrected chi connectivity index (χ0v) is 18.0. The SMILES string of the molecule is COc1ccc(C(=O)Nc2cc(Cl)c(Cl)cc2Cl)cc1COc1ccc(C)cc1. The molecule has 1 N–H and O–H groups in total. The monoisotopic (exact) mass is 449 g/mol. The number of methoxy groups -OCH3 is 1. The molecule has 7 heteroatoms. The molecule has 0 heterocycles. The first-order valence-electron chi connectivity index (χ1n) is 8.69. The third-order valence-electron chi connectivity index (χ3n) is 4.22. The van der Waals surface area contributed by atoms with Crippen LogP contribution in [0.2, 0.25) is 15.1 Å². The number of ether oxygens (including phenoxy) is 2. The summed E-state index contributed by atoms with van der Waals surface area (Å²) < 4.78 is 11.2. The molecular formula is C22H18Cl3NO3. The number of hydrogen-bond donors (Lipinski definition) is 1. The highest BCUT2D eigenvalue weighted by molar-refractivity contribution is 6.44. The van der Waals surface area contributed by atoms with E-state index in [0.29, 0.717) is 32.1 Å². The van der Waals surface area contributed by atoms with E-state index in [2.05, 4.69) is 5.32 Å². The Morgan fingerprint density at radius 1 is 0.931 bits per heavy atom. The van der Waals surface area contributed by atoms with E-state index < -0.39 is 0 Å². The smallest absolute Gasteiger partial charge is 0.255 e. The molecule has 0 bridgehead atoms. The van der Waals surface area contributed by atoms with Crippen LogP contribution < -0.4 is 14.8 Å². The van der Waals surface area contributed by atoms with Crippen LogP contribution in [0.5, 0.6) is 11.5 Å². The lowest BCUT2D eigenvalue weighted by molar-refractivity contribution is 0.102. The van der Waals surface area contributed by atoms with Crippen molar-refractivity contribution in [3.05, 3.63) is 86.4 Å². The summed E-state index contributed by atoms with van der Waals surface area (Å²) in [6.45, 7) is 2.26. The standard InChI is InChI=1S/C22H18Cl3NO3/c1-13-3-6-16(7-4-13)29-12-15-9-14(5-8-21(15)28-2)22(27)26-20-11-18(24)17(23)10-19(20)25/h3-11H,12H2,1-2H3,(H,26,27). The second-order valence-electron chi connectivity index (χ2n) is 6.33. The number of nitrogens with one attached hydrogen (secondary N) is 1. The van der Waals surface area contributed by atoms with Gasteiger partial charge in [0, 0.05) is 11.1 Å². The number of anilines is 1. The van der Waals surface area contributed by atoms with Crippen molar-refractivity contribution in [1.82, 2.24) is 0 Å². The highest BCUT2D eigenvalue weighted by Crippen LogP contribution is 2.32. The lowest BCUT2D eigenvalue weighted by atomic mass is 10.1. The Morgan fingerprint density at radius 3 is 2.31 bits per heavy atom. The van der Waals surface area contributed by atoms with Gasteiger partial charge in [0.05, 0.1) is 27.9 Å². The lowest BCUT2D eigenvalue weighted by Crippen LogP contribution is -2.13. The summed E-state index contributed by atoms with van der Waals surface area (Å²) in [5, 5.41) is 3.65. The molecule has 0 aliphatic rings. The fraction of sp³-hybridized carbons (Fsp3) is 0.136.